The molecule has 0 fully saturated rings. The third-order valence-electron chi connectivity index (χ3n) is 2.61. The van der Waals surface area contributed by atoms with Crippen LogP contribution < -0.4 is 10.1 Å². The highest BCUT2D eigenvalue weighted by atomic mass is 16.5. The average Bonchev–Trinajstić information content (AvgIpc) is 2.39. The Morgan fingerprint density at radius 1 is 1.17 bits per heavy atom. The Labute approximate surface area is 107 Å². The summed E-state index contributed by atoms with van der Waals surface area (Å²) in [4.78, 5) is 23.2. The Hall–Kier alpha value is -1.84. The smallest absolute Gasteiger partial charge is 0.257 e. The van der Waals surface area contributed by atoms with E-state index in [9.17, 15) is 9.59 Å². The second kappa shape index (κ2) is 7.48. The van der Waals surface area contributed by atoms with E-state index in [-0.39, 0.29) is 11.8 Å². The van der Waals surface area contributed by atoms with Gasteiger partial charge < -0.3 is 4.74 Å². The van der Waals surface area contributed by atoms with Crippen LogP contribution in [0.4, 0.5) is 0 Å². The lowest BCUT2D eigenvalue weighted by Gasteiger charge is -2.05. The molecule has 0 radical (unpaired) electrons. The van der Waals surface area contributed by atoms with Crippen molar-refractivity contribution < 1.29 is 14.3 Å². The van der Waals surface area contributed by atoms with Crippen molar-refractivity contribution in [3.05, 3.63) is 29.8 Å². The van der Waals surface area contributed by atoms with Crippen molar-refractivity contribution in [3.8, 4) is 5.75 Å². The van der Waals surface area contributed by atoms with Crippen molar-refractivity contribution >= 4 is 11.8 Å². The summed E-state index contributed by atoms with van der Waals surface area (Å²) in [5.41, 5.74) is 0.458. The van der Waals surface area contributed by atoms with Gasteiger partial charge in [0.25, 0.3) is 5.91 Å². The zero-order chi connectivity index (χ0) is 13.4. The number of nitrogens with one attached hydrogen (secondary N) is 1. The molecule has 4 nitrogen and oxygen atoms in total. The van der Waals surface area contributed by atoms with Crippen LogP contribution in [-0.2, 0) is 4.79 Å². The van der Waals surface area contributed by atoms with Crippen molar-refractivity contribution in [1.29, 1.82) is 0 Å². The molecular formula is C14H19NO3. The molecule has 0 aliphatic heterocycles. The molecule has 4 heteroatoms. The molecule has 0 heterocycles. The van der Waals surface area contributed by atoms with Gasteiger partial charge in [-0.1, -0.05) is 19.8 Å². The van der Waals surface area contributed by atoms with E-state index in [2.05, 4.69) is 12.2 Å². The molecule has 1 rings (SSSR count). The molecule has 2 amide bonds. The highest BCUT2D eigenvalue weighted by molar-refractivity contribution is 6.04. The van der Waals surface area contributed by atoms with Crippen molar-refractivity contribution in [2.45, 2.75) is 32.6 Å². The van der Waals surface area contributed by atoms with Gasteiger partial charge in [-0.3, -0.25) is 14.9 Å². The number of ether oxygens (including phenoxy) is 1. The molecule has 0 aromatic heterocycles. The van der Waals surface area contributed by atoms with Gasteiger partial charge in [0, 0.05) is 12.0 Å². The van der Waals surface area contributed by atoms with Gasteiger partial charge >= 0.3 is 0 Å². The van der Waals surface area contributed by atoms with Gasteiger partial charge in [-0.25, -0.2) is 0 Å². The second-order valence-electron chi connectivity index (χ2n) is 4.06. The zero-order valence-electron chi connectivity index (χ0n) is 10.9. The molecule has 98 valence electrons. The number of unbranched alkanes of at least 4 members (excludes halogenated alkanes) is 2. The number of methoxy groups -OCH3 is 1. The van der Waals surface area contributed by atoms with Gasteiger partial charge in [-0.15, -0.1) is 0 Å². The van der Waals surface area contributed by atoms with Crippen LogP contribution in [0.15, 0.2) is 24.3 Å². The topological polar surface area (TPSA) is 55.4 Å². The van der Waals surface area contributed by atoms with E-state index >= 15 is 0 Å². The molecule has 0 aliphatic carbocycles. The monoisotopic (exact) mass is 249 g/mol. The SMILES string of the molecule is CCCCCC(=O)NC(=O)c1ccc(OC)cc1. The summed E-state index contributed by atoms with van der Waals surface area (Å²) in [6.07, 6.45) is 3.28. The summed E-state index contributed by atoms with van der Waals surface area (Å²) in [7, 11) is 1.56. The first-order chi connectivity index (χ1) is 8.67. The lowest BCUT2D eigenvalue weighted by atomic mass is 10.2. The summed E-state index contributed by atoms with van der Waals surface area (Å²) in [6, 6.07) is 6.65. The van der Waals surface area contributed by atoms with Gasteiger partial charge in [-0.05, 0) is 30.7 Å². The number of hydrogen-bond acceptors (Lipinski definition) is 3. The van der Waals surface area contributed by atoms with Crippen LogP contribution in [-0.4, -0.2) is 18.9 Å². The Balaban J connectivity index is 2.46. The number of hydrogen-bond donors (Lipinski definition) is 1. The van der Waals surface area contributed by atoms with Crippen LogP contribution in [0.5, 0.6) is 5.75 Å². The van der Waals surface area contributed by atoms with Crippen LogP contribution in [0.1, 0.15) is 43.0 Å². The predicted molar refractivity (Wildman–Crippen MR) is 69.6 cm³/mol. The van der Waals surface area contributed by atoms with E-state index in [0.717, 1.165) is 19.3 Å². The van der Waals surface area contributed by atoms with Crippen LogP contribution in [0.2, 0.25) is 0 Å². The Morgan fingerprint density at radius 2 is 1.83 bits per heavy atom. The second-order valence-corrected chi connectivity index (χ2v) is 4.06. The number of rotatable bonds is 6. The van der Waals surface area contributed by atoms with Crippen LogP contribution in [0.25, 0.3) is 0 Å². The number of amides is 2. The highest BCUT2D eigenvalue weighted by Crippen LogP contribution is 2.11. The highest BCUT2D eigenvalue weighted by Gasteiger charge is 2.09. The maximum Gasteiger partial charge on any atom is 0.257 e. The summed E-state index contributed by atoms with van der Waals surface area (Å²) in [6.45, 7) is 2.07. The van der Waals surface area contributed by atoms with E-state index in [1.54, 1.807) is 31.4 Å². The average molecular weight is 249 g/mol. The molecule has 0 aliphatic rings. The van der Waals surface area contributed by atoms with Crippen molar-refractivity contribution in [3.63, 3.8) is 0 Å². The van der Waals surface area contributed by atoms with E-state index in [1.165, 1.54) is 0 Å². The molecule has 0 saturated heterocycles. The van der Waals surface area contributed by atoms with E-state index < -0.39 is 0 Å². The number of carbonyl (C=O) groups is 2. The first kappa shape index (κ1) is 14.2. The van der Waals surface area contributed by atoms with Crippen molar-refractivity contribution in [2.75, 3.05) is 7.11 Å². The Kier molecular flexibility index (Phi) is 5.91. The minimum absolute atomic E-state index is 0.218. The molecule has 0 atom stereocenters. The predicted octanol–water partition coefficient (Wildman–Crippen LogP) is 2.53. The first-order valence-electron chi connectivity index (χ1n) is 6.15. The minimum Gasteiger partial charge on any atom is -0.497 e. The van der Waals surface area contributed by atoms with E-state index in [1.807, 2.05) is 0 Å². The van der Waals surface area contributed by atoms with Gasteiger partial charge in [0.05, 0.1) is 7.11 Å². The lowest BCUT2D eigenvalue weighted by molar-refractivity contribution is -0.120. The number of carbonyl (C=O) groups excluding carboxylic acids is 2. The van der Waals surface area contributed by atoms with Gasteiger partial charge in [0.2, 0.25) is 5.91 Å². The van der Waals surface area contributed by atoms with Crippen LogP contribution in [0, 0.1) is 0 Å². The van der Waals surface area contributed by atoms with E-state index in [0.29, 0.717) is 17.7 Å². The number of benzene rings is 1. The molecule has 18 heavy (non-hydrogen) atoms. The fourth-order valence-electron chi connectivity index (χ4n) is 1.54. The Morgan fingerprint density at radius 3 is 2.39 bits per heavy atom. The summed E-state index contributed by atoms with van der Waals surface area (Å²) >= 11 is 0. The molecule has 0 bridgehead atoms. The fourth-order valence-corrected chi connectivity index (χ4v) is 1.54. The number of imide groups is 1. The third-order valence-corrected chi connectivity index (χ3v) is 2.61. The molecule has 0 spiro atoms. The zero-order valence-corrected chi connectivity index (χ0v) is 10.9. The summed E-state index contributed by atoms with van der Waals surface area (Å²) in [5.74, 6) is 0.101. The van der Waals surface area contributed by atoms with Gasteiger partial charge in [-0.2, -0.15) is 0 Å². The summed E-state index contributed by atoms with van der Waals surface area (Å²) in [5, 5.41) is 2.37. The summed E-state index contributed by atoms with van der Waals surface area (Å²) < 4.78 is 5.00. The molecule has 1 aromatic carbocycles. The van der Waals surface area contributed by atoms with Crippen molar-refractivity contribution in [2.24, 2.45) is 0 Å². The molecule has 0 saturated carbocycles. The quantitative estimate of drug-likeness (QED) is 0.788. The van der Waals surface area contributed by atoms with E-state index in [4.69, 9.17) is 4.74 Å². The largest absolute Gasteiger partial charge is 0.497 e. The Bertz CT molecular complexity index is 398. The first-order valence-corrected chi connectivity index (χ1v) is 6.15. The normalized spacial score (nSPS) is 9.89. The van der Waals surface area contributed by atoms with Gasteiger partial charge in [0.1, 0.15) is 5.75 Å². The van der Waals surface area contributed by atoms with Gasteiger partial charge in [0.15, 0.2) is 0 Å². The fraction of sp³-hybridized carbons (Fsp3) is 0.429. The van der Waals surface area contributed by atoms with Crippen LogP contribution >= 0.6 is 0 Å². The van der Waals surface area contributed by atoms with Crippen LogP contribution in [0.3, 0.4) is 0 Å². The molecular weight excluding hydrogens is 230 g/mol. The minimum atomic E-state index is -0.362. The van der Waals surface area contributed by atoms with Crippen molar-refractivity contribution in [1.82, 2.24) is 5.32 Å². The third kappa shape index (κ3) is 4.57. The lowest BCUT2D eigenvalue weighted by Crippen LogP contribution is -2.30. The standard InChI is InChI=1S/C14H19NO3/c1-3-4-5-6-13(16)15-14(17)11-7-9-12(18-2)10-8-11/h7-10H,3-6H2,1-2H3,(H,15,16,17). The maximum atomic E-state index is 11.7. The molecule has 0 unspecified atom stereocenters. The molecule has 1 N–H and O–H groups in total. The maximum absolute atomic E-state index is 11.7. The molecule has 1 aromatic rings.